The highest BCUT2D eigenvalue weighted by atomic mass is 19.3. The summed E-state index contributed by atoms with van der Waals surface area (Å²) < 4.78 is 205. The molecule has 15 rings (SSSR count). The molecule has 30 heteroatoms. The molecular weight excluding hydrogens is 1380 g/mol. The predicted molar refractivity (Wildman–Crippen MR) is 317 cm³/mol. The van der Waals surface area contributed by atoms with Crippen molar-refractivity contribution in [3.05, 3.63) is 282 Å². The Labute approximate surface area is 559 Å². The Morgan fingerprint density at radius 3 is 0.490 bits per heavy atom. The van der Waals surface area contributed by atoms with E-state index < -0.39 is 157 Å². The van der Waals surface area contributed by atoms with Crippen LogP contribution in [0.1, 0.15) is 158 Å². The Bertz CT molecular complexity index is 5100. The third-order valence-electron chi connectivity index (χ3n) is 16.9. The summed E-state index contributed by atoms with van der Waals surface area (Å²) in [4.78, 5) is 139. The lowest BCUT2D eigenvalue weighted by Crippen LogP contribution is -2.36. The Hall–Kier alpha value is -13.0. The molecule has 0 aliphatic carbocycles. The zero-order chi connectivity index (χ0) is 73.2. The molecule has 0 saturated heterocycles. The van der Waals surface area contributed by atoms with Gasteiger partial charge in [-0.2, -0.15) is 52.7 Å². The molecule has 6 aliphatic heterocycles. The maximum absolute atomic E-state index is 15.1. The molecule has 0 spiro atoms. The monoisotopic (exact) mass is 1410 g/mol. The highest BCUT2D eigenvalue weighted by Crippen LogP contribution is 2.54. The van der Waals surface area contributed by atoms with Crippen molar-refractivity contribution in [3.63, 3.8) is 0 Å². The van der Waals surface area contributed by atoms with Gasteiger partial charge in [0.25, 0.3) is 0 Å². The lowest BCUT2D eigenvalue weighted by Gasteiger charge is -2.27. The largest absolute Gasteiger partial charge is 0.386 e. The van der Waals surface area contributed by atoms with Crippen LogP contribution in [0.5, 0.6) is 0 Å². The number of hydrogen-bond acceptors (Lipinski definition) is 18. The molecule has 102 heavy (non-hydrogen) atoms. The summed E-state index contributed by atoms with van der Waals surface area (Å²) in [6, 6.07) is 30.6. The maximum atomic E-state index is 15.1. The van der Waals surface area contributed by atoms with Crippen molar-refractivity contribution in [3.8, 4) is 33.4 Å². The molecule has 6 heterocycles. The van der Waals surface area contributed by atoms with Gasteiger partial charge in [0.1, 0.15) is 0 Å². The molecule has 0 radical (unpaired) electrons. The smallest absolute Gasteiger partial charge is 0.346 e. The van der Waals surface area contributed by atoms with Crippen LogP contribution >= 0.6 is 0 Å². The molecule has 9 aromatic rings. The molecule has 0 aromatic heterocycles. The number of carbonyl (C=O) groups excluding carboxylic acids is 12. The van der Waals surface area contributed by atoms with Gasteiger partial charge >= 0.3 is 107 Å². The number of fused-ring (bicyclic) bond motifs is 6. The minimum absolute atomic E-state index is 0.0112. The van der Waals surface area contributed by atoms with Crippen LogP contribution < -0.4 is 0 Å². The molecule has 0 unspecified atom stereocenters. The number of esters is 12. The number of benzene rings is 9. The topological polar surface area (TPSA) is 260 Å². The first-order valence-corrected chi connectivity index (χ1v) is 29.1. The van der Waals surface area contributed by atoms with Crippen molar-refractivity contribution in [2.24, 2.45) is 0 Å². The number of hydrogen-bond donors (Lipinski definition) is 0. The van der Waals surface area contributed by atoms with Crippen molar-refractivity contribution in [2.45, 2.75) is 35.5 Å². The average Bonchev–Trinajstić information content (AvgIpc) is 1.33. The fourth-order valence-corrected chi connectivity index (χ4v) is 11.3. The van der Waals surface area contributed by atoms with Crippen LogP contribution in [0.3, 0.4) is 0 Å². The summed E-state index contributed by atoms with van der Waals surface area (Å²) in [5.74, 6) is -39.9. The summed E-state index contributed by atoms with van der Waals surface area (Å²) in [7, 11) is 0. The molecule has 9 aromatic carbocycles. The number of alkyl halides is 12. The van der Waals surface area contributed by atoms with Gasteiger partial charge in [-0.3, -0.25) is 0 Å². The van der Waals surface area contributed by atoms with Gasteiger partial charge in [-0.25, -0.2) is 57.5 Å². The van der Waals surface area contributed by atoms with Crippen LogP contribution in [0, 0.1) is 0 Å². The Balaban J connectivity index is 0.000000139. The summed E-state index contributed by atoms with van der Waals surface area (Å²) in [5.41, 5.74) is -6.46. The molecule has 18 nitrogen and oxygen atoms in total. The van der Waals surface area contributed by atoms with Gasteiger partial charge in [-0.15, -0.1) is 0 Å². The molecule has 0 fully saturated rings. The molecule has 0 bridgehead atoms. The minimum atomic E-state index is -4.82. The normalized spacial score (nSPS) is 15.2. The summed E-state index contributed by atoms with van der Waals surface area (Å²) in [6.45, 7) is 0. The van der Waals surface area contributed by atoms with Gasteiger partial charge < -0.3 is 28.4 Å². The summed E-state index contributed by atoms with van der Waals surface area (Å²) in [6.07, 6.45) is 0. The highest BCUT2D eigenvalue weighted by Gasteiger charge is 2.61. The van der Waals surface area contributed by atoms with Crippen molar-refractivity contribution in [2.75, 3.05) is 0 Å². The van der Waals surface area contributed by atoms with E-state index in [-0.39, 0.29) is 50.1 Å². The van der Waals surface area contributed by atoms with E-state index in [0.717, 1.165) is 54.6 Å². The van der Waals surface area contributed by atoms with Gasteiger partial charge in [0.2, 0.25) is 0 Å². The second-order valence-corrected chi connectivity index (χ2v) is 22.8. The van der Waals surface area contributed by atoms with Crippen LogP contribution in [0.15, 0.2) is 182 Å². The maximum Gasteiger partial charge on any atom is 0.346 e. The van der Waals surface area contributed by atoms with Crippen molar-refractivity contribution in [1.29, 1.82) is 0 Å². The SMILES string of the molecule is O=C1OC(=O)c2cc(-c3ccc(C(F)(F)C(F)(F)c4ccc(-c5ccc6c(c5)C(=O)OC6=O)cc4)cc3)ccc21.O=C1OC(=O)c2cc(-c3ccc(C(F)(F)C(F)(F)c4ccc5c(c4)C(=O)OC5=O)cc3)ccc21.O=C1OC(=O)c2cc(C(F)(F)C(F)(F)c3ccc4c(c3)C(=O)OC4=O)ccc21. The van der Waals surface area contributed by atoms with E-state index in [0.29, 0.717) is 69.8 Å². The van der Waals surface area contributed by atoms with Gasteiger partial charge in [0, 0.05) is 33.4 Å². The Kier molecular flexibility index (Phi) is 15.8. The lowest BCUT2D eigenvalue weighted by atomic mass is 9.92. The first kappa shape index (κ1) is 67.5. The van der Waals surface area contributed by atoms with E-state index >= 15 is 17.6 Å². The van der Waals surface area contributed by atoms with E-state index in [4.69, 9.17) is 0 Å². The molecule has 0 atom stereocenters. The fraction of sp³-hybridized carbons (Fsp3) is 0.0833. The van der Waals surface area contributed by atoms with E-state index in [1.807, 2.05) is 0 Å². The summed E-state index contributed by atoms with van der Waals surface area (Å²) >= 11 is 0. The summed E-state index contributed by atoms with van der Waals surface area (Å²) in [5, 5.41) is 0. The van der Waals surface area contributed by atoms with Gasteiger partial charge in [0.05, 0.1) is 66.8 Å². The van der Waals surface area contributed by atoms with Crippen LogP contribution in [-0.4, -0.2) is 71.6 Å². The molecule has 0 amide bonds. The molecular formula is C72H30F12O18. The third-order valence-corrected chi connectivity index (χ3v) is 16.9. The third kappa shape index (κ3) is 11.0. The van der Waals surface area contributed by atoms with E-state index in [9.17, 15) is 92.7 Å². The van der Waals surface area contributed by atoms with Crippen molar-refractivity contribution >= 4 is 71.6 Å². The Morgan fingerprint density at radius 1 is 0.157 bits per heavy atom. The van der Waals surface area contributed by atoms with Crippen LogP contribution in [0.2, 0.25) is 0 Å². The number of halogens is 12. The van der Waals surface area contributed by atoms with Crippen molar-refractivity contribution in [1.82, 2.24) is 0 Å². The average molecular weight is 1410 g/mol. The van der Waals surface area contributed by atoms with E-state index in [2.05, 4.69) is 28.4 Å². The van der Waals surface area contributed by atoms with Crippen LogP contribution in [-0.2, 0) is 64.0 Å². The molecule has 0 N–H and O–H groups in total. The fourth-order valence-electron chi connectivity index (χ4n) is 11.3. The van der Waals surface area contributed by atoms with Crippen LogP contribution in [0.4, 0.5) is 52.7 Å². The first-order chi connectivity index (χ1) is 48.0. The van der Waals surface area contributed by atoms with Crippen LogP contribution in [0.25, 0.3) is 33.4 Å². The number of rotatable bonds is 12. The number of carbonyl (C=O) groups is 12. The zero-order valence-corrected chi connectivity index (χ0v) is 50.2. The minimum Gasteiger partial charge on any atom is -0.386 e. The highest BCUT2D eigenvalue weighted by molar-refractivity contribution is 6.18. The zero-order valence-electron chi connectivity index (χ0n) is 50.2. The molecule has 0 saturated carbocycles. The second kappa shape index (κ2) is 23.9. The standard InChI is InChI=1S/C30H14F4O6.C24H10F4O6.C18H6F4O6/c31-29(32,19-7-1-15(2-8-19)17-5-11-21-23(13-17)27(37)39-25(21)35)30(33,34)20-9-3-16(4-10-20)18-6-12-22-24(14-18)28(38)40-26(22)36;25-23(26,24(27,28)14-6-8-16-18(10-14)22(32)34-20(16)30)13-4-1-11(2-5-13)12-3-7-15-17(9-12)21(31)33-19(15)29;19-17(20,7-1-3-9-11(5-7)15(25)27-13(9)23)18(21,22)8-2-4-10-12(6-8)16(26)28-14(10)24/h1-14H;1-10H;1-6H. The van der Waals surface area contributed by atoms with E-state index in [1.165, 1.54) is 91.0 Å². The van der Waals surface area contributed by atoms with Crippen molar-refractivity contribution < 1.29 is 139 Å². The van der Waals surface area contributed by atoms with Gasteiger partial charge in [-0.1, -0.05) is 109 Å². The number of cyclic esters (lactones) is 12. The van der Waals surface area contributed by atoms with Gasteiger partial charge in [0.15, 0.2) is 0 Å². The molecule has 6 aliphatic rings. The van der Waals surface area contributed by atoms with E-state index in [1.54, 1.807) is 0 Å². The molecule has 510 valence electrons. The Morgan fingerprint density at radius 2 is 0.294 bits per heavy atom. The quantitative estimate of drug-likeness (QED) is 0.0476. The first-order valence-electron chi connectivity index (χ1n) is 29.1. The lowest BCUT2D eigenvalue weighted by molar-refractivity contribution is -0.223. The number of ether oxygens (including phenoxy) is 6. The van der Waals surface area contributed by atoms with Gasteiger partial charge in [-0.05, 0) is 106 Å². The second-order valence-electron chi connectivity index (χ2n) is 22.8. The predicted octanol–water partition coefficient (Wildman–Crippen LogP) is 14.6.